The van der Waals surface area contributed by atoms with Crippen LogP contribution in [0.4, 0.5) is 26.3 Å². The van der Waals surface area contributed by atoms with Crippen molar-refractivity contribution in [3.63, 3.8) is 0 Å². The Morgan fingerprint density at radius 2 is 1.40 bits per heavy atom. The van der Waals surface area contributed by atoms with E-state index in [2.05, 4.69) is 0 Å². The van der Waals surface area contributed by atoms with Gasteiger partial charge in [-0.25, -0.2) is 0 Å². The van der Waals surface area contributed by atoms with Crippen LogP contribution in [0.2, 0.25) is 0 Å². The Morgan fingerprint density at radius 3 is 1.65 bits per heavy atom. The maximum Gasteiger partial charge on any atom is 0.419 e. The molecule has 1 N–H and O–H groups in total. The van der Waals surface area contributed by atoms with Gasteiger partial charge in [-0.1, -0.05) is 6.42 Å². The molecule has 0 aromatic carbocycles. The van der Waals surface area contributed by atoms with Crippen molar-refractivity contribution in [2.24, 2.45) is 17.8 Å². The maximum atomic E-state index is 13.1. The quantitative estimate of drug-likeness (QED) is 0.626. The van der Waals surface area contributed by atoms with Gasteiger partial charge in [-0.05, 0) is 31.1 Å². The fourth-order valence-electron chi connectivity index (χ4n) is 3.81. The first-order valence-corrected chi connectivity index (χ1v) is 7.37. The predicted octanol–water partition coefficient (Wildman–Crippen LogP) is 3.17. The average Bonchev–Trinajstić information content (AvgIpc) is 2.71. The first-order chi connectivity index (χ1) is 8.82. The standard InChI is InChI=1S/C10H12F6O3S/c11-9(12,13)8(10(14,15)16,20(17,18)19)7-4-5-1-2-6(7)3-5/h5-7H,1-4H2,(H,17,18,19). The highest BCUT2D eigenvalue weighted by molar-refractivity contribution is 7.87. The second kappa shape index (κ2) is 4.25. The van der Waals surface area contributed by atoms with Crippen molar-refractivity contribution in [3.05, 3.63) is 0 Å². The van der Waals surface area contributed by atoms with Crippen molar-refractivity contribution < 1.29 is 39.3 Å². The Hall–Kier alpha value is -0.510. The minimum Gasteiger partial charge on any atom is -0.285 e. The first-order valence-electron chi connectivity index (χ1n) is 5.93. The zero-order chi connectivity index (χ0) is 15.6. The molecule has 0 spiro atoms. The molecular formula is C10H12F6O3S. The first kappa shape index (κ1) is 15.9. The minimum atomic E-state index is -6.40. The van der Waals surface area contributed by atoms with E-state index in [0.29, 0.717) is 6.42 Å². The summed E-state index contributed by atoms with van der Waals surface area (Å²) in [7, 11) is -6.40. The Morgan fingerprint density at radius 1 is 0.900 bits per heavy atom. The number of hydrogen-bond acceptors (Lipinski definition) is 2. The normalized spacial score (nSPS) is 31.9. The monoisotopic (exact) mass is 326 g/mol. The smallest absolute Gasteiger partial charge is 0.285 e. The Labute approximate surface area is 111 Å². The summed E-state index contributed by atoms with van der Waals surface area (Å²) in [6, 6.07) is 0. The molecule has 10 heteroatoms. The van der Waals surface area contributed by atoms with Crippen LogP contribution in [0.5, 0.6) is 0 Å². The molecule has 3 nitrogen and oxygen atoms in total. The Kier molecular flexibility index (Phi) is 3.37. The van der Waals surface area contributed by atoms with Crippen LogP contribution in [0.3, 0.4) is 0 Å². The molecule has 3 atom stereocenters. The van der Waals surface area contributed by atoms with Crippen LogP contribution in [-0.4, -0.2) is 30.1 Å². The second-order valence-corrected chi connectivity index (χ2v) is 7.08. The van der Waals surface area contributed by atoms with Gasteiger partial charge in [0.25, 0.3) is 14.9 Å². The molecule has 2 aliphatic carbocycles. The summed E-state index contributed by atoms with van der Waals surface area (Å²) in [5.41, 5.74) is 0. The van der Waals surface area contributed by atoms with Crippen LogP contribution in [0, 0.1) is 17.8 Å². The van der Waals surface area contributed by atoms with E-state index in [9.17, 15) is 34.8 Å². The van der Waals surface area contributed by atoms with E-state index in [1.54, 1.807) is 0 Å². The summed E-state index contributed by atoms with van der Waals surface area (Å²) in [5, 5.41) is 0. The lowest BCUT2D eigenvalue weighted by Crippen LogP contribution is -2.67. The van der Waals surface area contributed by atoms with Crippen molar-refractivity contribution in [2.75, 3.05) is 0 Å². The molecule has 2 aliphatic rings. The third-order valence-electron chi connectivity index (χ3n) is 4.51. The summed E-state index contributed by atoms with van der Waals surface area (Å²) in [6.45, 7) is 0. The van der Waals surface area contributed by atoms with Gasteiger partial charge in [-0.2, -0.15) is 34.8 Å². The highest BCUT2D eigenvalue weighted by atomic mass is 32.2. The molecule has 2 bridgehead atoms. The predicted molar refractivity (Wildman–Crippen MR) is 55.3 cm³/mol. The zero-order valence-electron chi connectivity index (χ0n) is 10.0. The third kappa shape index (κ3) is 1.94. The lowest BCUT2D eigenvalue weighted by atomic mass is 9.77. The van der Waals surface area contributed by atoms with Crippen molar-refractivity contribution in [1.29, 1.82) is 0 Å². The van der Waals surface area contributed by atoms with Crippen LogP contribution in [-0.2, 0) is 10.1 Å². The molecule has 2 fully saturated rings. The SMILES string of the molecule is O=S(=O)(O)C(C1CC2CCC1C2)(C(F)(F)F)C(F)(F)F. The highest BCUT2D eigenvalue weighted by Gasteiger charge is 2.83. The van der Waals surface area contributed by atoms with Gasteiger partial charge in [0, 0.05) is 5.92 Å². The molecule has 2 saturated carbocycles. The van der Waals surface area contributed by atoms with Gasteiger partial charge in [-0.15, -0.1) is 0 Å². The summed E-state index contributed by atoms with van der Waals surface area (Å²) in [6.07, 6.45) is -11.9. The molecule has 0 aromatic heterocycles. The average molecular weight is 326 g/mol. The van der Waals surface area contributed by atoms with Crippen molar-refractivity contribution in [1.82, 2.24) is 0 Å². The molecule has 0 heterocycles. The van der Waals surface area contributed by atoms with E-state index in [1.165, 1.54) is 0 Å². The Balaban J connectivity index is 2.66. The number of alkyl halides is 6. The fraction of sp³-hybridized carbons (Fsp3) is 1.00. The molecule has 0 radical (unpaired) electrons. The summed E-state index contributed by atoms with van der Waals surface area (Å²) < 4.78 is 105. The van der Waals surface area contributed by atoms with E-state index < -0.39 is 45.5 Å². The van der Waals surface area contributed by atoms with Crippen LogP contribution in [0.1, 0.15) is 25.7 Å². The molecule has 0 aromatic rings. The number of fused-ring (bicyclic) bond motifs is 2. The largest absolute Gasteiger partial charge is 0.419 e. The van der Waals surface area contributed by atoms with Gasteiger partial charge < -0.3 is 0 Å². The van der Waals surface area contributed by atoms with Crippen LogP contribution < -0.4 is 0 Å². The highest BCUT2D eigenvalue weighted by Crippen LogP contribution is 2.62. The van der Waals surface area contributed by atoms with Crippen molar-refractivity contribution >= 4 is 10.1 Å². The van der Waals surface area contributed by atoms with Crippen molar-refractivity contribution in [2.45, 2.75) is 42.8 Å². The van der Waals surface area contributed by atoms with Gasteiger partial charge >= 0.3 is 12.4 Å². The van der Waals surface area contributed by atoms with Gasteiger partial charge in [-0.3, -0.25) is 4.55 Å². The molecule has 0 amide bonds. The molecule has 118 valence electrons. The Bertz CT molecular complexity index is 480. The minimum absolute atomic E-state index is 0.124. The molecule has 0 aliphatic heterocycles. The molecule has 20 heavy (non-hydrogen) atoms. The van der Waals surface area contributed by atoms with Gasteiger partial charge in [0.15, 0.2) is 0 Å². The third-order valence-corrected chi connectivity index (χ3v) is 6.09. The molecule has 2 rings (SSSR count). The number of hydrogen-bond donors (Lipinski definition) is 1. The number of halogens is 6. The van der Waals surface area contributed by atoms with Crippen molar-refractivity contribution in [3.8, 4) is 0 Å². The van der Waals surface area contributed by atoms with E-state index in [4.69, 9.17) is 4.55 Å². The van der Waals surface area contributed by atoms with E-state index in [-0.39, 0.29) is 18.8 Å². The zero-order valence-corrected chi connectivity index (χ0v) is 10.8. The maximum absolute atomic E-state index is 13.1. The van der Waals surface area contributed by atoms with E-state index in [1.807, 2.05) is 0 Å². The fourth-order valence-corrected chi connectivity index (χ4v) is 5.06. The van der Waals surface area contributed by atoms with Crippen LogP contribution >= 0.6 is 0 Å². The molecular weight excluding hydrogens is 314 g/mol. The summed E-state index contributed by atoms with van der Waals surface area (Å²) in [5.74, 6) is -3.49. The molecule has 0 saturated heterocycles. The topological polar surface area (TPSA) is 54.4 Å². The number of rotatable bonds is 2. The lowest BCUT2D eigenvalue weighted by Gasteiger charge is -2.42. The van der Waals surface area contributed by atoms with Crippen LogP contribution in [0.25, 0.3) is 0 Å². The van der Waals surface area contributed by atoms with Gasteiger partial charge in [0.05, 0.1) is 0 Å². The van der Waals surface area contributed by atoms with Gasteiger partial charge in [0.2, 0.25) is 0 Å². The summed E-state index contributed by atoms with van der Waals surface area (Å²) >= 11 is 0. The molecule has 3 unspecified atom stereocenters. The summed E-state index contributed by atoms with van der Waals surface area (Å²) in [4.78, 5) is 0. The lowest BCUT2D eigenvalue weighted by molar-refractivity contribution is -0.286. The van der Waals surface area contributed by atoms with Gasteiger partial charge in [0.1, 0.15) is 0 Å². The van der Waals surface area contributed by atoms with Crippen LogP contribution in [0.15, 0.2) is 0 Å². The second-order valence-electron chi connectivity index (χ2n) is 5.49. The van der Waals surface area contributed by atoms with E-state index >= 15 is 0 Å². The van der Waals surface area contributed by atoms with E-state index in [0.717, 1.165) is 0 Å².